The molecule has 1 saturated heterocycles. The molecule has 1 unspecified atom stereocenters. The van der Waals surface area contributed by atoms with Gasteiger partial charge in [-0.15, -0.1) is 0 Å². The summed E-state index contributed by atoms with van der Waals surface area (Å²) in [6, 6.07) is 0.220. The third-order valence-corrected chi connectivity index (χ3v) is 4.50. The first-order valence-electron chi connectivity index (χ1n) is 5.35. The van der Waals surface area contributed by atoms with Crippen LogP contribution in [0.5, 0.6) is 0 Å². The van der Waals surface area contributed by atoms with Gasteiger partial charge in [-0.3, -0.25) is 0 Å². The van der Waals surface area contributed by atoms with E-state index in [-0.39, 0.29) is 6.04 Å². The van der Waals surface area contributed by atoms with Gasteiger partial charge < -0.3 is 0 Å². The van der Waals surface area contributed by atoms with Crippen molar-refractivity contribution in [3.8, 4) is 0 Å². The molecule has 0 radical (unpaired) electrons. The normalized spacial score (nSPS) is 30.5. The molecule has 14 heavy (non-hydrogen) atoms. The van der Waals surface area contributed by atoms with Crippen LogP contribution in [0.2, 0.25) is 0 Å². The molecule has 1 N–H and O–H groups in total. The van der Waals surface area contributed by atoms with E-state index in [0.717, 1.165) is 25.7 Å². The second kappa shape index (κ2) is 3.79. The molecule has 0 aromatic rings. The molecule has 0 aromatic carbocycles. The Bertz CT molecular complexity index is 298. The van der Waals surface area contributed by atoms with Crippen LogP contribution in [0.3, 0.4) is 0 Å². The maximum Gasteiger partial charge on any atom is 0.279 e. The van der Waals surface area contributed by atoms with Gasteiger partial charge in [0, 0.05) is 19.1 Å². The van der Waals surface area contributed by atoms with Gasteiger partial charge in [0.2, 0.25) is 0 Å². The number of piperidine rings is 1. The van der Waals surface area contributed by atoms with Gasteiger partial charge in [-0.25, -0.2) is 0 Å². The highest BCUT2D eigenvalue weighted by Gasteiger charge is 2.32. The summed E-state index contributed by atoms with van der Waals surface area (Å²) < 4.78 is 27.9. The summed E-state index contributed by atoms with van der Waals surface area (Å²) in [4.78, 5) is 0. The maximum absolute atomic E-state index is 11.8. The zero-order chi connectivity index (χ0) is 10.2. The van der Waals surface area contributed by atoms with Crippen molar-refractivity contribution < 1.29 is 8.42 Å². The third kappa shape index (κ3) is 2.46. The standard InChI is InChI=1S/C9H18N2O2S/c1-8-3-2-6-11(7-8)14(12,13)10-9-4-5-9/h8-10H,2-7H2,1H3. The smallest absolute Gasteiger partial charge is 0.199 e. The number of hydrogen-bond donors (Lipinski definition) is 1. The minimum absolute atomic E-state index is 0.220. The first kappa shape index (κ1) is 10.4. The fraction of sp³-hybridized carbons (Fsp3) is 1.00. The van der Waals surface area contributed by atoms with Gasteiger partial charge in [-0.05, 0) is 31.6 Å². The molecule has 1 aliphatic heterocycles. The van der Waals surface area contributed by atoms with E-state index in [1.807, 2.05) is 0 Å². The molecule has 0 aromatic heterocycles. The zero-order valence-corrected chi connectivity index (χ0v) is 9.39. The van der Waals surface area contributed by atoms with Crippen LogP contribution < -0.4 is 4.72 Å². The van der Waals surface area contributed by atoms with E-state index in [9.17, 15) is 8.42 Å². The van der Waals surface area contributed by atoms with E-state index in [4.69, 9.17) is 0 Å². The van der Waals surface area contributed by atoms with Gasteiger partial charge in [-0.2, -0.15) is 17.4 Å². The van der Waals surface area contributed by atoms with Gasteiger partial charge in [0.15, 0.2) is 0 Å². The van der Waals surface area contributed by atoms with Gasteiger partial charge in [0.05, 0.1) is 0 Å². The predicted octanol–water partition coefficient (Wildman–Crippen LogP) is 0.715. The van der Waals surface area contributed by atoms with Crippen LogP contribution in [-0.4, -0.2) is 31.9 Å². The molecule has 0 bridgehead atoms. The van der Waals surface area contributed by atoms with Crippen LogP contribution in [-0.2, 0) is 10.2 Å². The lowest BCUT2D eigenvalue weighted by Gasteiger charge is -2.29. The van der Waals surface area contributed by atoms with Gasteiger partial charge in [-0.1, -0.05) is 6.92 Å². The Hall–Kier alpha value is -0.130. The van der Waals surface area contributed by atoms with E-state index in [1.165, 1.54) is 0 Å². The van der Waals surface area contributed by atoms with E-state index in [1.54, 1.807) is 4.31 Å². The molecular weight excluding hydrogens is 200 g/mol. The Morgan fingerprint density at radius 2 is 2.00 bits per heavy atom. The summed E-state index contributed by atoms with van der Waals surface area (Å²) in [6.45, 7) is 3.48. The molecule has 1 heterocycles. The Balaban J connectivity index is 1.97. The van der Waals surface area contributed by atoms with E-state index < -0.39 is 10.2 Å². The lowest BCUT2D eigenvalue weighted by molar-refractivity contribution is 0.278. The first-order chi connectivity index (χ1) is 6.58. The second-order valence-corrected chi connectivity index (χ2v) is 6.20. The van der Waals surface area contributed by atoms with E-state index in [2.05, 4.69) is 11.6 Å². The van der Waals surface area contributed by atoms with Crippen molar-refractivity contribution in [2.45, 2.75) is 38.6 Å². The molecule has 0 amide bonds. The maximum atomic E-state index is 11.8. The Morgan fingerprint density at radius 1 is 1.29 bits per heavy atom. The number of hydrogen-bond acceptors (Lipinski definition) is 2. The van der Waals surface area contributed by atoms with Crippen molar-refractivity contribution in [1.29, 1.82) is 0 Å². The summed E-state index contributed by atoms with van der Waals surface area (Å²) in [7, 11) is -3.17. The molecule has 5 heteroatoms. The van der Waals surface area contributed by atoms with Crippen molar-refractivity contribution in [2.75, 3.05) is 13.1 Å². The molecule has 2 aliphatic rings. The summed E-state index contributed by atoms with van der Waals surface area (Å²) in [5.41, 5.74) is 0. The van der Waals surface area contributed by atoms with Crippen molar-refractivity contribution in [1.82, 2.24) is 9.03 Å². The molecular formula is C9H18N2O2S. The van der Waals surface area contributed by atoms with Crippen molar-refractivity contribution in [3.05, 3.63) is 0 Å². The first-order valence-corrected chi connectivity index (χ1v) is 6.79. The highest BCUT2D eigenvalue weighted by atomic mass is 32.2. The number of nitrogens with zero attached hydrogens (tertiary/aromatic N) is 1. The molecule has 4 nitrogen and oxygen atoms in total. The van der Waals surface area contributed by atoms with E-state index in [0.29, 0.717) is 19.0 Å². The number of rotatable bonds is 3. The molecule has 2 fully saturated rings. The van der Waals surface area contributed by atoms with Crippen LogP contribution in [0.4, 0.5) is 0 Å². The summed E-state index contributed by atoms with van der Waals surface area (Å²) in [5, 5.41) is 0. The average Bonchev–Trinajstić information content (AvgIpc) is 2.87. The van der Waals surface area contributed by atoms with Crippen molar-refractivity contribution in [2.24, 2.45) is 5.92 Å². The van der Waals surface area contributed by atoms with Gasteiger partial charge in [0.25, 0.3) is 10.2 Å². The van der Waals surface area contributed by atoms with Crippen molar-refractivity contribution in [3.63, 3.8) is 0 Å². The van der Waals surface area contributed by atoms with Crippen LogP contribution in [0.15, 0.2) is 0 Å². The fourth-order valence-electron chi connectivity index (χ4n) is 1.85. The zero-order valence-electron chi connectivity index (χ0n) is 8.57. The summed E-state index contributed by atoms with van der Waals surface area (Å²) in [6.07, 6.45) is 4.15. The lowest BCUT2D eigenvalue weighted by Crippen LogP contribution is -2.46. The van der Waals surface area contributed by atoms with Gasteiger partial charge in [0.1, 0.15) is 0 Å². The number of nitrogens with one attached hydrogen (secondary N) is 1. The Kier molecular flexibility index (Phi) is 2.81. The van der Waals surface area contributed by atoms with Crippen LogP contribution in [0.25, 0.3) is 0 Å². The third-order valence-electron chi connectivity index (χ3n) is 2.85. The molecule has 82 valence electrons. The van der Waals surface area contributed by atoms with Crippen LogP contribution in [0.1, 0.15) is 32.6 Å². The molecule has 2 rings (SSSR count). The van der Waals surface area contributed by atoms with E-state index >= 15 is 0 Å². The SMILES string of the molecule is CC1CCCN(S(=O)(=O)NC2CC2)C1. The average molecular weight is 218 g/mol. The monoisotopic (exact) mass is 218 g/mol. The highest BCUT2D eigenvalue weighted by Crippen LogP contribution is 2.23. The Morgan fingerprint density at radius 3 is 2.57 bits per heavy atom. The minimum atomic E-state index is -3.17. The minimum Gasteiger partial charge on any atom is -0.199 e. The molecule has 1 atom stereocenters. The quantitative estimate of drug-likeness (QED) is 0.758. The Labute approximate surface area is 85.9 Å². The van der Waals surface area contributed by atoms with Crippen LogP contribution in [0, 0.1) is 5.92 Å². The second-order valence-electron chi connectivity index (χ2n) is 4.50. The molecule has 1 saturated carbocycles. The highest BCUT2D eigenvalue weighted by molar-refractivity contribution is 7.87. The largest absolute Gasteiger partial charge is 0.279 e. The topological polar surface area (TPSA) is 49.4 Å². The van der Waals surface area contributed by atoms with Crippen LogP contribution >= 0.6 is 0 Å². The molecule has 1 aliphatic carbocycles. The fourth-order valence-corrected chi connectivity index (χ4v) is 3.48. The molecule has 0 spiro atoms. The lowest BCUT2D eigenvalue weighted by atomic mass is 10.0. The van der Waals surface area contributed by atoms with Crippen molar-refractivity contribution >= 4 is 10.2 Å². The summed E-state index contributed by atoms with van der Waals surface area (Å²) >= 11 is 0. The van der Waals surface area contributed by atoms with Gasteiger partial charge >= 0.3 is 0 Å². The predicted molar refractivity (Wildman–Crippen MR) is 55.0 cm³/mol. The summed E-state index contributed by atoms with van der Waals surface area (Å²) in [5.74, 6) is 0.500.